The molecule has 0 saturated carbocycles. The average molecular weight is 577 g/mol. The summed E-state index contributed by atoms with van der Waals surface area (Å²) in [6.45, 7) is 2.07. The lowest BCUT2D eigenvalue weighted by atomic mass is 9.99. The molecule has 0 saturated heterocycles. The van der Waals surface area contributed by atoms with E-state index in [1.54, 1.807) is 0 Å². The highest BCUT2D eigenvalue weighted by Crippen LogP contribution is 2.43. The Bertz CT molecular complexity index is 2520. The van der Waals surface area contributed by atoms with Crippen LogP contribution in [0.4, 0.5) is 0 Å². The van der Waals surface area contributed by atoms with Crippen LogP contribution < -0.4 is 0 Å². The van der Waals surface area contributed by atoms with E-state index in [0.29, 0.717) is 0 Å². The Hall–Kier alpha value is -6.00. The molecule has 0 unspecified atom stereocenters. The number of rotatable bonds is 4. The maximum absolute atomic E-state index is 4.83. The molecule has 0 radical (unpaired) electrons. The summed E-state index contributed by atoms with van der Waals surface area (Å²) in [5, 5.41) is 4.94. The van der Waals surface area contributed by atoms with Crippen molar-refractivity contribution in [2.24, 2.45) is 0 Å². The van der Waals surface area contributed by atoms with E-state index in [4.69, 9.17) is 4.98 Å². The number of pyridine rings is 2. The number of nitrogens with zero attached hydrogens (tertiary/aromatic N) is 4. The Morgan fingerprint density at radius 3 is 2.00 bits per heavy atom. The van der Waals surface area contributed by atoms with Gasteiger partial charge in [0.1, 0.15) is 5.82 Å². The van der Waals surface area contributed by atoms with Crippen molar-refractivity contribution in [2.75, 3.05) is 0 Å². The highest BCUT2D eigenvalue weighted by atomic mass is 15.1. The second-order valence-electron chi connectivity index (χ2n) is 11.6. The van der Waals surface area contributed by atoms with E-state index >= 15 is 0 Å². The smallest absolute Gasteiger partial charge is 0.137 e. The van der Waals surface area contributed by atoms with Crippen molar-refractivity contribution >= 4 is 43.6 Å². The van der Waals surface area contributed by atoms with Gasteiger partial charge in [-0.3, -0.25) is 9.55 Å². The van der Waals surface area contributed by atoms with E-state index in [-0.39, 0.29) is 0 Å². The van der Waals surface area contributed by atoms with E-state index < -0.39 is 0 Å². The SMILES string of the molecule is Cc1ccc(-c2cccc(-c3ccc4c5c6c7ccccc7n(-c7ccccc7)c6ccc5n(-c5ccccn5)c4c3)c2)nc1. The van der Waals surface area contributed by atoms with Crippen LogP contribution >= 0.6 is 0 Å². The van der Waals surface area contributed by atoms with E-state index in [2.05, 4.69) is 155 Å². The fourth-order valence-electron chi connectivity index (χ4n) is 6.83. The Balaban J connectivity index is 1.35. The molecule has 0 aliphatic rings. The minimum absolute atomic E-state index is 0.901. The van der Waals surface area contributed by atoms with Crippen LogP contribution in [0.3, 0.4) is 0 Å². The van der Waals surface area contributed by atoms with Gasteiger partial charge in [-0.05, 0) is 84.3 Å². The lowest BCUT2D eigenvalue weighted by Gasteiger charge is -2.09. The molecule has 0 amide bonds. The molecule has 0 bridgehead atoms. The van der Waals surface area contributed by atoms with Crippen LogP contribution in [-0.2, 0) is 0 Å². The zero-order valence-corrected chi connectivity index (χ0v) is 24.7. The molecule has 0 spiro atoms. The number of para-hydroxylation sites is 2. The third kappa shape index (κ3) is 4.00. The van der Waals surface area contributed by atoms with Crippen LogP contribution in [0.5, 0.6) is 0 Å². The van der Waals surface area contributed by atoms with E-state index in [1.165, 1.54) is 32.6 Å². The largest absolute Gasteiger partial charge is 0.309 e. The van der Waals surface area contributed by atoms with Crippen molar-refractivity contribution in [1.82, 2.24) is 19.1 Å². The summed E-state index contributed by atoms with van der Waals surface area (Å²) in [6.07, 6.45) is 3.80. The number of aryl methyl sites for hydroxylation is 1. The molecule has 4 nitrogen and oxygen atoms in total. The number of aromatic nitrogens is 4. The molecule has 0 N–H and O–H groups in total. The first-order valence-electron chi connectivity index (χ1n) is 15.3. The van der Waals surface area contributed by atoms with Gasteiger partial charge in [0.2, 0.25) is 0 Å². The predicted molar refractivity (Wildman–Crippen MR) is 186 cm³/mol. The minimum atomic E-state index is 0.901. The summed E-state index contributed by atoms with van der Waals surface area (Å²) >= 11 is 0. The van der Waals surface area contributed by atoms with Gasteiger partial charge >= 0.3 is 0 Å². The maximum atomic E-state index is 4.83. The van der Waals surface area contributed by atoms with Gasteiger partial charge in [-0.15, -0.1) is 0 Å². The van der Waals surface area contributed by atoms with Crippen molar-refractivity contribution in [2.45, 2.75) is 6.92 Å². The van der Waals surface area contributed by atoms with Gasteiger partial charge in [-0.1, -0.05) is 78.9 Å². The first-order chi connectivity index (χ1) is 22.2. The molecule has 0 aliphatic carbocycles. The standard InChI is InChI=1S/C41H28N4/c1-27-17-20-34(43-26-27)30-11-9-10-28(24-30)29-18-19-33-38(25-29)45(39-16-7-8-23-42-39)37-22-21-36-40(41(33)37)32-14-5-6-15-35(32)44(36)31-12-3-2-4-13-31/h2-26H,1H3. The molecule has 45 heavy (non-hydrogen) atoms. The van der Waals surface area contributed by atoms with Crippen LogP contribution in [0, 0.1) is 6.92 Å². The number of hydrogen-bond acceptors (Lipinski definition) is 2. The molecule has 0 atom stereocenters. The number of fused-ring (bicyclic) bond motifs is 7. The summed E-state index contributed by atoms with van der Waals surface area (Å²) in [5.41, 5.74) is 11.4. The van der Waals surface area contributed by atoms with Gasteiger partial charge < -0.3 is 4.57 Å². The second-order valence-corrected chi connectivity index (χ2v) is 11.6. The summed E-state index contributed by atoms with van der Waals surface area (Å²) in [4.78, 5) is 9.51. The van der Waals surface area contributed by atoms with Crippen LogP contribution in [0.1, 0.15) is 5.56 Å². The number of hydrogen-bond donors (Lipinski definition) is 0. The van der Waals surface area contributed by atoms with Crippen LogP contribution in [0.25, 0.3) is 77.5 Å². The van der Waals surface area contributed by atoms with Gasteiger partial charge in [-0.25, -0.2) is 4.98 Å². The van der Waals surface area contributed by atoms with Crippen LogP contribution in [0.2, 0.25) is 0 Å². The molecule has 212 valence electrons. The number of benzene rings is 5. The Morgan fingerprint density at radius 2 is 1.20 bits per heavy atom. The van der Waals surface area contributed by atoms with Gasteiger partial charge in [0.05, 0.1) is 27.8 Å². The molecule has 4 heteroatoms. The van der Waals surface area contributed by atoms with Crippen molar-refractivity contribution < 1.29 is 0 Å². The molecule has 4 aromatic heterocycles. The highest BCUT2D eigenvalue weighted by molar-refractivity contribution is 6.29. The van der Waals surface area contributed by atoms with Crippen molar-refractivity contribution in [3.63, 3.8) is 0 Å². The minimum Gasteiger partial charge on any atom is -0.309 e. The molecule has 0 fully saturated rings. The normalized spacial score (nSPS) is 11.7. The summed E-state index contributed by atoms with van der Waals surface area (Å²) < 4.78 is 4.70. The highest BCUT2D eigenvalue weighted by Gasteiger charge is 2.21. The monoisotopic (exact) mass is 576 g/mol. The van der Waals surface area contributed by atoms with Gasteiger partial charge in [0.25, 0.3) is 0 Å². The lowest BCUT2D eigenvalue weighted by molar-refractivity contribution is 1.08. The topological polar surface area (TPSA) is 35.6 Å². The van der Waals surface area contributed by atoms with Crippen LogP contribution in [-0.4, -0.2) is 19.1 Å². The molecule has 5 aromatic carbocycles. The zero-order valence-electron chi connectivity index (χ0n) is 24.7. The second kappa shape index (κ2) is 10.0. The maximum Gasteiger partial charge on any atom is 0.137 e. The first-order valence-corrected chi connectivity index (χ1v) is 15.3. The van der Waals surface area contributed by atoms with Gasteiger partial charge in [-0.2, -0.15) is 0 Å². The fourth-order valence-corrected chi connectivity index (χ4v) is 6.83. The van der Waals surface area contributed by atoms with Crippen molar-refractivity contribution in [3.8, 4) is 33.9 Å². The Kier molecular flexibility index (Phi) is 5.69. The van der Waals surface area contributed by atoms with Crippen molar-refractivity contribution in [1.29, 1.82) is 0 Å². The van der Waals surface area contributed by atoms with Gasteiger partial charge in [0, 0.05) is 45.2 Å². The van der Waals surface area contributed by atoms with Crippen molar-refractivity contribution in [3.05, 3.63) is 157 Å². The molecular formula is C41H28N4. The molecule has 4 heterocycles. The van der Waals surface area contributed by atoms with E-state index in [0.717, 1.165) is 50.5 Å². The molecular weight excluding hydrogens is 548 g/mol. The third-order valence-electron chi connectivity index (χ3n) is 8.86. The quantitative estimate of drug-likeness (QED) is 0.209. The van der Waals surface area contributed by atoms with Gasteiger partial charge in [0.15, 0.2) is 0 Å². The zero-order chi connectivity index (χ0) is 29.9. The average Bonchev–Trinajstić information content (AvgIpc) is 3.62. The Morgan fingerprint density at radius 1 is 0.467 bits per heavy atom. The molecule has 9 aromatic rings. The first kappa shape index (κ1) is 25.5. The lowest BCUT2D eigenvalue weighted by Crippen LogP contribution is -1.97. The van der Waals surface area contributed by atoms with Crippen LogP contribution in [0.15, 0.2) is 152 Å². The third-order valence-corrected chi connectivity index (χ3v) is 8.86. The van der Waals surface area contributed by atoms with E-state index in [9.17, 15) is 0 Å². The summed E-state index contributed by atoms with van der Waals surface area (Å²) in [5.74, 6) is 0.901. The molecule has 0 aliphatic heterocycles. The summed E-state index contributed by atoms with van der Waals surface area (Å²) in [7, 11) is 0. The fraction of sp³-hybridized carbons (Fsp3) is 0.0244. The summed E-state index contributed by atoms with van der Waals surface area (Å²) in [6, 6.07) is 49.7. The predicted octanol–water partition coefficient (Wildman–Crippen LogP) is 10.3. The Labute approximate surface area is 260 Å². The van der Waals surface area contributed by atoms with E-state index in [1.807, 2.05) is 18.5 Å². The molecule has 9 rings (SSSR count).